The molecule has 210 valence electrons. The molecule has 5 rings (SSSR count). The molecule has 0 aliphatic carbocycles. The Bertz CT molecular complexity index is 1190. The molecule has 4 N–H and O–H groups in total. The van der Waals surface area contributed by atoms with Crippen LogP contribution in [0, 0.1) is 0 Å². The largest absolute Gasteiger partial charge is 0.394 e. The number of carbonyl (C=O) groups excluding carboxylic acids is 2. The van der Waals surface area contributed by atoms with Crippen molar-refractivity contribution in [3.8, 4) is 11.3 Å². The summed E-state index contributed by atoms with van der Waals surface area (Å²) in [7, 11) is 0. The highest BCUT2D eigenvalue weighted by atomic mass is 35.5. The zero-order chi connectivity index (χ0) is 27.4. The van der Waals surface area contributed by atoms with Crippen LogP contribution in [0.3, 0.4) is 0 Å². The van der Waals surface area contributed by atoms with E-state index in [4.69, 9.17) is 16.3 Å². The lowest BCUT2D eigenvalue weighted by atomic mass is 9.92. The van der Waals surface area contributed by atoms with E-state index in [2.05, 4.69) is 32.8 Å². The Kier molecular flexibility index (Phi) is 8.96. The number of anilines is 1. The maximum atomic E-state index is 13.3. The number of aliphatic hydroxyl groups excluding tert-OH is 1. The molecule has 2 saturated heterocycles. The van der Waals surface area contributed by atoms with E-state index < -0.39 is 0 Å². The molecule has 3 atom stereocenters. The summed E-state index contributed by atoms with van der Waals surface area (Å²) in [6, 6.07) is 5.84. The third kappa shape index (κ3) is 6.51. The molecule has 3 aliphatic rings. The second-order valence-electron chi connectivity index (χ2n) is 10.6. The lowest BCUT2D eigenvalue weighted by Gasteiger charge is -2.35. The smallest absolute Gasteiger partial charge is 0.254 e. The quantitative estimate of drug-likeness (QED) is 0.371. The fourth-order valence-corrected chi connectivity index (χ4v) is 5.89. The molecule has 2 fully saturated rings. The number of aromatic nitrogens is 2. The summed E-state index contributed by atoms with van der Waals surface area (Å²) >= 11 is 6.46. The molecule has 0 bridgehead atoms. The van der Waals surface area contributed by atoms with Gasteiger partial charge < -0.3 is 30.7 Å². The van der Waals surface area contributed by atoms with Gasteiger partial charge in [-0.2, -0.15) is 0 Å². The molecule has 11 heteroatoms. The van der Waals surface area contributed by atoms with Gasteiger partial charge in [0.25, 0.3) is 5.91 Å². The standard InChI is InChI=1S/C28H37ClN6O4/c1-2-19-4-3-5-23(31-19)24(16-36)33-25(37)15-35-14-18-7-6-17(12-21(18)27(35)38)26-22(29)13-30-28(34-26)32-20-8-10-39-11-9-20/h6-7,12-13,19-20,23-24,31,36H,2-5,8-11,14-16H2,1H3,(H,33,37)(H,30,32,34). The van der Waals surface area contributed by atoms with Gasteiger partial charge in [0, 0.05) is 49.0 Å². The third-order valence-electron chi connectivity index (χ3n) is 7.93. The Morgan fingerprint density at radius 1 is 1.28 bits per heavy atom. The van der Waals surface area contributed by atoms with Crippen LogP contribution in [0.15, 0.2) is 24.4 Å². The fourth-order valence-electron chi connectivity index (χ4n) is 5.69. The first-order chi connectivity index (χ1) is 18.9. The van der Waals surface area contributed by atoms with E-state index in [-0.39, 0.29) is 43.1 Å². The van der Waals surface area contributed by atoms with Gasteiger partial charge in [-0.1, -0.05) is 37.1 Å². The van der Waals surface area contributed by atoms with E-state index in [1.807, 2.05) is 12.1 Å². The minimum atomic E-state index is -0.387. The molecule has 3 unspecified atom stereocenters. The lowest BCUT2D eigenvalue weighted by molar-refractivity contribution is -0.123. The predicted molar refractivity (Wildman–Crippen MR) is 149 cm³/mol. The highest BCUT2D eigenvalue weighted by Gasteiger charge is 2.32. The van der Waals surface area contributed by atoms with Crippen LogP contribution < -0.4 is 16.0 Å². The van der Waals surface area contributed by atoms with Gasteiger partial charge in [-0.15, -0.1) is 0 Å². The van der Waals surface area contributed by atoms with Crippen LogP contribution in [-0.2, 0) is 16.1 Å². The van der Waals surface area contributed by atoms with Crippen molar-refractivity contribution in [2.75, 3.05) is 31.7 Å². The number of halogens is 1. The average molecular weight is 557 g/mol. The summed E-state index contributed by atoms with van der Waals surface area (Å²) in [5, 5.41) is 20.2. The van der Waals surface area contributed by atoms with Crippen LogP contribution in [0.5, 0.6) is 0 Å². The second kappa shape index (κ2) is 12.6. The summed E-state index contributed by atoms with van der Waals surface area (Å²) < 4.78 is 5.42. The third-order valence-corrected chi connectivity index (χ3v) is 8.21. The van der Waals surface area contributed by atoms with E-state index in [9.17, 15) is 14.7 Å². The van der Waals surface area contributed by atoms with E-state index >= 15 is 0 Å². The molecule has 3 aliphatic heterocycles. The first-order valence-electron chi connectivity index (χ1n) is 13.9. The zero-order valence-electron chi connectivity index (χ0n) is 22.3. The molecule has 0 spiro atoms. The molecule has 39 heavy (non-hydrogen) atoms. The number of hydrogen-bond donors (Lipinski definition) is 4. The minimum absolute atomic E-state index is 0.0233. The number of benzene rings is 1. The summed E-state index contributed by atoms with van der Waals surface area (Å²) in [5.41, 5.74) is 2.64. The normalized spacial score (nSPS) is 22.4. The SMILES string of the molecule is CCC1CCCC(C(CO)NC(=O)CN2Cc3ccc(-c4nc(NC5CCOCC5)ncc4Cl)cc3C2=O)N1. The number of amides is 2. The van der Waals surface area contributed by atoms with E-state index in [0.29, 0.717) is 53.6 Å². The first kappa shape index (κ1) is 27.8. The number of rotatable bonds is 9. The molecule has 0 radical (unpaired) electrons. The highest BCUT2D eigenvalue weighted by Crippen LogP contribution is 2.31. The van der Waals surface area contributed by atoms with Crippen LogP contribution in [0.4, 0.5) is 5.95 Å². The van der Waals surface area contributed by atoms with Crippen molar-refractivity contribution in [2.24, 2.45) is 0 Å². The van der Waals surface area contributed by atoms with Crippen molar-refractivity contribution in [3.63, 3.8) is 0 Å². The van der Waals surface area contributed by atoms with Gasteiger partial charge in [-0.3, -0.25) is 9.59 Å². The van der Waals surface area contributed by atoms with Gasteiger partial charge in [0.1, 0.15) is 6.54 Å². The van der Waals surface area contributed by atoms with Crippen molar-refractivity contribution in [1.29, 1.82) is 0 Å². The van der Waals surface area contributed by atoms with Crippen molar-refractivity contribution in [2.45, 2.75) is 76.2 Å². The number of piperidine rings is 1. The Labute approximate surface area is 233 Å². The Morgan fingerprint density at radius 3 is 2.87 bits per heavy atom. The maximum absolute atomic E-state index is 13.3. The lowest BCUT2D eigenvalue weighted by Crippen LogP contribution is -2.57. The average Bonchev–Trinajstić information content (AvgIpc) is 3.27. The molecular formula is C28H37ClN6O4. The van der Waals surface area contributed by atoms with Gasteiger partial charge in [-0.25, -0.2) is 9.97 Å². The number of hydrogen-bond acceptors (Lipinski definition) is 8. The van der Waals surface area contributed by atoms with Crippen LogP contribution in [0.25, 0.3) is 11.3 Å². The fraction of sp³-hybridized carbons (Fsp3) is 0.571. The summed E-state index contributed by atoms with van der Waals surface area (Å²) in [5.74, 6) is -0.00350. The number of nitrogens with one attached hydrogen (secondary N) is 3. The van der Waals surface area contributed by atoms with Gasteiger partial charge >= 0.3 is 0 Å². The molecule has 10 nitrogen and oxygen atoms in total. The predicted octanol–water partition coefficient (Wildman–Crippen LogP) is 2.74. The molecule has 1 aromatic heterocycles. The summed E-state index contributed by atoms with van der Waals surface area (Å²) in [4.78, 5) is 36.7. The molecule has 1 aromatic carbocycles. The number of carbonyl (C=O) groups is 2. The topological polar surface area (TPSA) is 129 Å². The number of nitrogens with zero attached hydrogens (tertiary/aromatic N) is 3. The Balaban J connectivity index is 1.24. The van der Waals surface area contributed by atoms with Crippen LogP contribution in [0.1, 0.15) is 61.4 Å². The van der Waals surface area contributed by atoms with Crippen molar-refractivity contribution < 1.29 is 19.4 Å². The molecular weight excluding hydrogens is 520 g/mol. The highest BCUT2D eigenvalue weighted by molar-refractivity contribution is 6.33. The minimum Gasteiger partial charge on any atom is -0.394 e. The Hall–Kier alpha value is -2.79. The molecule has 0 saturated carbocycles. The van der Waals surface area contributed by atoms with E-state index in [1.165, 1.54) is 4.90 Å². The zero-order valence-corrected chi connectivity index (χ0v) is 23.0. The molecule has 2 aromatic rings. The van der Waals surface area contributed by atoms with Crippen LogP contribution >= 0.6 is 11.6 Å². The van der Waals surface area contributed by atoms with Crippen molar-refractivity contribution >= 4 is 29.4 Å². The number of aliphatic hydroxyl groups is 1. The number of fused-ring (bicyclic) bond motifs is 1. The monoisotopic (exact) mass is 556 g/mol. The summed E-state index contributed by atoms with van der Waals surface area (Å²) in [6.45, 7) is 3.67. The van der Waals surface area contributed by atoms with Crippen molar-refractivity contribution in [1.82, 2.24) is 25.5 Å². The first-order valence-corrected chi connectivity index (χ1v) is 14.3. The van der Waals surface area contributed by atoms with Gasteiger partial charge in [0.15, 0.2) is 0 Å². The maximum Gasteiger partial charge on any atom is 0.254 e. The second-order valence-corrected chi connectivity index (χ2v) is 11.0. The van der Waals surface area contributed by atoms with Gasteiger partial charge in [0.05, 0.1) is 29.6 Å². The number of ether oxygens (including phenoxy) is 1. The van der Waals surface area contributed by atoms with E-state index in [0.717, 1.165) is 44.1 Å². The Morgan fingerprint density at radius 2 is 2.10 bits per heavy atom. The van der Waals surface area contributed by atoms with Crippen LogP contribution in [-0.4, -0.2) is 82.3 Å². The van der Waals surface area contributed by atoms with Crippen LogP contribution in [0.2, 0.25) is 5.02 Å². The molecule has 4 heterocycles. The van der Waals surface area contributed by atoms with E-state index in [1.54, 1.807) is 12.3 Å². The van der Waals surface area contributed by atoms with Gasteiger partial charge in [0.2, 0.25) is 11.9 Å². The molecule has 2 amide bonds. The van der Waals surface area contributed by atoms with Gasteiger partial charge in [-0.05, 0) is 43.7 Å². The summed E-state index contributed by atoms with van der Waals surface area (Å²) in [6.07, 6.45) is 7.42. The van der Waals surface area contributed by atoms with Crippen molar-refractivity contribution in [3.05, 3.63) is 40.5 Å².